The maximum Gasteiger partial charge on any atom is 0.240 e. The van der Waals surface area contributed by atoms with Gasteiger partial charge in [0.1, 0.15) is 16.7 Å². The summed E-state index contributed by atoms with van der Waals surface area (Å²) in [4.78, 5) is 20.4. The van der Waals surface area contributed by atoms with Gasteiger partial charge in [0, 0.05) is 19.2 Å². The molecule has 0 radical (unpaired) electrons. The van der Waals surface area contributed by atoms with Crippen LogP contribution in [0, 0.1) is 0 Å². The second-order valence-corrected chi connectivity index (χ2v) is 6.66. The highest BCUT2D eigenvalue weighted by Gasteiger charge is 2.15. The molecule has 3 heterocycles. The second-order valence-electron chi connectivity index (χ2n) is 6.27. The number of hydrogen-bond acceptors (Lipinski definition) is 6. The van der Waals surface area contributed by atoms with Gasteiger partial charge < -0.3 is 9.64 Å². The minimum Gasteiger partial charge on any atom is -0.476 e. The molecule has 0 bridgehead atoms. The molecule has 0 atom stereocenters. The van der Waals surface area contributed by atoms with Crippen molar-refractivity contribution in [2.45, 2.75) is 19.8 Å². The molecular formula is C20H20ClN5O. The lowest BCUT2D eigenvalue weighted by molar-refractivity contribution is 0.326. The van der Waals surface area contributed by atoms with E-state index in [4.69, 9.17) is 16.3 Å². The van der Waals surface area contributed by atoms with E-state index in [9.17, 15) is 0 Å². The Hall–Kier alpha value is -2.73. The molecule has 1 fully saturated rings. The van der Waals surface area contributed by atoms with E-state index in [1.165, 1.54) is 12.8 Å². The Morgan fingerprint density at radius 2 is 1.78 bits per heavy atom. The lowest BCUT2D eigenvalue weighted by atomic mass is 10.2. The molecule has 4 rings (SSSR count). The van der Waals surface area contributed by atoms with Crippen LogP contribution in [0.1, 0.15) is 31.3 Å². The van der Waals surface area contributed by atoms with Gasteiger partial charge in [0.05, 0.1) is 17.6 Å². The van der Waals surface area contributed by atoms with E-state index in [2.05, 4.69) is 24.8 Å². The van der Waals surface area contributed by atoms with Gasteiger partial charge in [0.25, 0.3) is 0 Å². The van der Waals surface area contributed by atoms with E-state index < -0.39 is 0 Å². The molecule has 3 aromatic rings. The topological polar surface area (TPSA) is 64.0 Å². The summed E-state index contributed by atoms with van der Waals surface area (Å²) >= 11 is 6.20. The lowest BCUT2D eigenvalue weighted by Gasteiger charge is -2.16. The summed E-state index contributed by atoms with van der Waals surface area (Å²) < 4.78 is 5.66. The highest BCUT2D eigenvalue weighted by Crippen LogP contribution is 2.23. The average molecular weight is 382 g/mol. The normalized spacial score (nSPS) is 14.4. The van der Waals surface area contributed by atoms with Crippen LogP contribution in [0.3, 0.4) is 0 Å². The lowest BCUT2D eigenvalue weighted by Crippen LogP contribution is -2.19. The van der Waals surface area contributed by atoms with Gasteiger partial charge >= 0.3 is 0 Å². The number of nitrogens with zero attached hydrogens (tertiary/aromatic N) is 5. The summed E-state index contributed by atoms with van der Waals surface area (Å²) in [6, 6.07) is 9.53. The molecule has 0 N–H and O–H groups in total. The summed E-state index contributed by atoms with van der Waals surface area (Å²) in [5, 5.41) is 0.432. The van der Waals surface area contributed by atoms with Gasteiger partial charge in [-0.1, -0.05) is 23.7 Å². The first-order valence-electron chi connectivity index (χ1n) is 9.10. The van der Waals surface area contributed by atoms with Crippen molar-refractivity contribution in [3.8, 4) is 5.88 Å². The van der Waals surface area contributed by atoms with Crippen LogP contribution >= 0.6 is 11.6 Å². The number of para-hydroxylation sites is 2. The standard InChI is InChI=1S/C20H20ClN5O/c1-2-27-20-16(22-14-7-3-4-8-15(14)23-20)9-10-18-24-17(21)13-19(25-18)26-11-5-6-12-26/h3-4,7-10,13H,2,5-6,11-12H2,1H3/b10-9+. The third kappa shape index (κ3) is 4.01. The molecule has 1 aliphatic rings. The van der Waals surface area contributed by atoms with Crippen molar-refractivity contribution in [2.75, 3.05) is 24.6 Å². The van der Waals surface area contributed by atoms with Gasteiger partial charge in [-0.2, -0.15) is 0 Å². The molecular weight excluding hydrogens is 362 g/mol. The number of ether oxygens (including phenoxy) is 1. The Balaban J connectivity index is 1.68. The van der Waals surface area contributed by atoms with Crippen molar-refractivity contribution >= 4 is 40.6 Å². The largest absolute Gasteiger partial charge is 0.476 e. The van der Waals surface area contributed by atoms with E-state index in [0.717, 1.165) is 29.9 Å². The third-order valence-corrected chi connectivity index (χ3v) is 4.56. The van der Waals surface area contributed by atoms with Crippen LogP contribution in [0.4, 0.5) is 5.82 Å². The van der Waals surface area contributed by atoms with Crippen molar-refractivity contribution in [1.29, 1.82) is 0 Å². The fraction of sp³-hybridized carbons (Fsp3) is 0.300. The monoisotopic (exact) mass is 381 g/mol. The maximum absolute atomic E-state index is 6.20. The zero-order valence-corrected chi connectivity index (χ0v) is 15.9. The summed E-state index contributed by atoms with van der Waals surface area (Å²) in [5.41, 5.74) is 2.25. The fourth-order valence-corrected chi connectivity index (χ4v) is 3.29. The molecule has 6 nitrogen and oxygen atoms in total. The Kier molecular flexibility index (Phi) is 5.16. The number of halogens is 1. The molecule has 1 saturated heterocycles. The summed E-state index contributed by atoms with van der Waals surface area (Å²) in [5.74, 6) is 1.90. The van der Waals surface area contributed by atoms with E-state index in [1.54, 1.807) is 6.08 Å². The van der Waals surface area contributed by atoms with E-state index >= 15 is 0 Å². The SMILES string of the molecule is CCOc1nc2ccccc2nc1/C=C/c1nc(Cl)cc(N2CCCC2)n1. The quantitative estimate of drug-likeness (QED) is 0.616. The van der Waals surface area contributed by atoms with Crippen LogP contribution in [0.5, 0.6) is 5.88 Å². The summed E-state index contributed by atoms with van der Waals surface area (Å²) in [7, 11) is 0. The highest BCUT2D eigenvalue weighted by molar-refractivity contribution is 6.29. The van der Waals surface area contributed by atoms with Gasteiger partial charge in [-0.3, -0.25) is 0 Å². The van der Waals surface area contributed by atoms with E-state index in [1.807, 2.05) is 43.3 Å². The minimum atomic E-state index is 0.432. The highest BCUT2D eigenvalue weighted by atomic mass is 35.5. The molecule has 0 amide bonds. The third-order valence-electron chi connectivity index (χ3n) is 4.36. The fourth-order valence-electron chi connectivity index (χ4n) is 3.11. The van der Waals surface area contributed by atoms with Gasteiger partial charge in [0.2, 0.25) is 5.88 Å². The van der Waals surface area contributed by atoms with Crippen molar-refractivity contribution < 1.29 is 4.74 Å². The van der Waals surface area contributed by atoms with Gasteiger partial charge in [-0.15, -0.1) is 0 Å². The second kappa shape index (κ2) is 7.88. The van der Waals surface area contributed by atoms with E-state index in [-0.39, 0.29) is 0 Å². The van der Waals surface area contributed by atoms with Crippen LogP contribution < -0.4 is 9.64 Å². The number of aromatic nitrogens is 4. The van der Waals surface area contributed by atoms with Crippen molar-refractivity contribution in [2.24, 2.45) is 0 Å². The summed E-state index contributed by atoms with van der Waals surface area (Å²) in [6.07, 6.45) is 5.98. The molecule has 7 heteroatoms. The Morgan fingerprint density at radius 3 is 2.52 bits per heavy atom. The van der Waals surface area contributed by atoms with Gasteiger partial charge in [0.15, 0.2) is 5.82 Å². The molecule has 1 aliphatic heterocycles. The van der Waals surface area contributed by atoms with Crippen LogP contribution in [0.25, 0.3) is 23.2 Å². The van der Waals surface area contributed by atoms with Crippen molar-refractivity contribution in [1.82, 2.24) is 19.9 Å². The number of anilines is 1. The Labute approximate surface area is 162 Å². The first-order chi connectivity index (χ1) is 13.2. The first kappa shape index (κ1) is 17.7. The number of rotatable bonds is 5. The van der Waals surface area contributed by atoms with Crippen molar-refractivity contribution in [3.63, 3.8) is 0 Å². The smallest absolute Gasteiger partial charge is 0.240 e. The van der Waals surface area contributed by atoms with Gasteiger partial charge in [-0.25, -0.2) is 19.9 Å². The van der Waals surface area contributed by atoms with Crippen LogP contribution in [-0.2, 0) is 0 Å². The summed E-state index contributed by atoms with van der Waals surface area (Å²) in [6.45, 7) is 4.44. The zero-order valence-electron chi connectivity index (χ0n) is 15.1. The van der Waals surface area contributed by atoms with Crippen LogP contribution in [-0.4, -0.2) is 39.6 Å². The molecule has 0 aliphatic carbocycles. The number of fused-ring (bicyclic) bond motifs is 1. The molecule has 27 heavy (non-hydrogen) atoms. The van der Waals surface area contributed by atoms with Crippen LogP contribution in [0.15, 0.2) is 30.3 Å². The molecule has 138 valence electrons. The Bertz CT molecular complexity index is 985. The van der Waals surface area contributed by atoms with Crippen molar-refractivity contribution in [3.05, 3.63) is 47.0 Å². The number of hydrogen-bond donors (Lipinski definition) is 0. The number of benzene rings is 1. The average Bonchev–Trinajstić information content (AvgIpc) is 3.21. The molecule has 0 unspecified atom stereocenters. The van der Waals surface area contributed by atoms with Crippen LogP contribution in [0.2, 0.25) is 5.15 Å². The minimum absolute atomic E-state index is 0.432. The molecule has 2 aromatic heterocycles. The predicted molar refractivity (Wildman–Crippen MR) is 108 cm³/mol. The molecule has 0 saturated carbocycles. The predicted octanol–water partition coefficient (Wildman–Crippen LogP) is 4.24. The molecule has 0 spiro atoms. The van der Waals surface area contributed by atoms with E-state index in [0.29, 0.717) is 29.2 Å². The first-order valence-corrected chi connectivity index (χ1v) is 9.48. The Morgan fingerprint density at radius 1 is 1.04 bits per heavy atom. The molecule has 1 aromatic carbocycles. The maximum atomic E-state index is 6.20. The zero-order chi connectivity index (χ0) is 18.6. The van der Waals surface area contributed by atoms with Gasteiger partial charge in [-0.05, 0) is 44.1 Å².